The fraction of sp³-hybridized carbons (Fsp3) is 0.417. The minimum atomic E-state index is -0.453. The summed E-state index contributed by atoms with van der Waals surface area (Å²) in [5.74, 6) is 0.558. The molecule has 4 heteroatoms. The number of carbonyl (C=O) groups is 1. The van der Waals surface area contributed by atoms with Crippen molar-refractivity contribution in [1.82, 2.24) is 5.32 Å². The van der Waals surface area contributed by atoms with Gasteiger partial charge in [-0.2, -0.15) is 0 Å². The zero-order chi connectivity index (χ0) is 11.2. The molecule has 1 saturated heterocycles. The van der Waals surface area contributed by atoms with Gasteiger partial charge in [0.05, 0.1) is 5.41 Å². The molecule has 16 heavy (non-hydrogen) atoms. The summed E-state index contributed by atoms with van der Waals surface area (Å²) >= 11 is 5.99. The highest BCUT2D eigenvalue weighted by Gasteiger charge is 2.49. The molecule has 0 bridgehead atoms. The van der Waals surface area contributed by atoms with Gasteiger partial charge in [-0.05, 0) is 44.1 Å². The molecule has 1 fully saturated rings. The molecule has 2 aliphatic heterocycles. The number of benzene rings is 1. The van der Waals surface area contributed by atoms with Crippen LogP contribution in [0.1, 0.15) is 18.4 Å². The zero-order valence-corrected chi connectivity index (χ0v) is 9.51. The first-order chi connectivity index (χ1) is 7.72. The average molecular weight is 238 g/mol. The van der Waals surface area contributed by atoms with Crippen molar-refractivity contribution in [3.8, 4) is 5.75 Å². The van der Waals surface area contributed by atoms with Crippen LogP contribution in [0.15, 0.2) is 18.2 Å². The monoisotopic (exact) mass is 237 g/mol. The molecule has 1 spiro atoms. The van der Waals surface area contributed by atoms with Crippen molar-refractivity contribution in [2.45, 2.75) is 18.3 Å². The van der Waals surface area contributed by atoms with Crippen molar-refractivity contribution >= 4 is 17.6 Å². The molecule has 3 nitrogen and oxygen atoms in total. The number of piperidine rings is 1. The molecule has 0 saturated carbocycles. The first-order valence-corrected chi connectivity index (χ1v) is 5.83. The van der Waals surface area contributed by atoms with E-state index in [2.05, 4.69) is 5.32 Å². The maximum atomic E-state index is 12.0. The van der Waals surface area contributed by atoms with Gasteiger partial charge < -0.3 is 10.1 Å². The number of hydrogen-bond donors (Lipinski definition) is 1. The summed E-state index contributed by atoms with van der Waals surface area (Å²) in [5, 5.41) is 3.92. The maximum absolute atomic E-state index is 12.0. The van der Waals surface area contributed by atoms with Gasteiger partial charge in [-0.3, -0.25) is 4.79 Å². The molecule has 0 aliphatic carbocycles. The van der Waals surface area contributed by atoms with Crippen LogP contribution in [-0.2, 0) is 10.2 Å². The van der Waals surface area contributed by atoms with E-state index in [1.165, 1.54) is 0 Å². The number of halogens is 1. The molecule has 2 heterocycles. The number of ether oxygens (including phenoxy) is 1. The minimum absolute atomic E-state index is 0.119. The van der Waals surface area contributed by atoms with Crippen LogP contribution in [0, 0.1) is 0 Å². The van der Waals surface area contributed by atoms with Crippen LogP contribution in [0.2, 0.25) is 5.02 Å². The van der Waals surface area contributed by atoms with Crippen LogP contribution in [0.5, 0.6) is 5.75 Å². The molecule has 1 aromatic rings. The Hall–Kier alpha value is -1.06. The Labute approximate surface area is 98.7 Å². The number of fused-ring (bicyclic) bond motifs is 2. The van der Waals surface area contributed by atoms with Crippen LogP contribution in [-0.4, -0.2) is 19.1 Å². The Morgan fingerprint density at radius 2 is 2.06 bits per heavy atom. The molecule has 84 valence electrons. The molecule has 1 aromatic carbocycles. The van der Waals surface area contributed by atoms with Gasteiger partial charge in [0, 0.05) is 10.6 Å². The van der Waals surface area contributed by atoms with E-state index in [-0.39, 0.29) is 5.97 Å². The van der Waals surface area contributed by atoms with E-state index in [0.717, 1.165) is 31.5 Å². The van der Waals surface area contributed by atoms with Crippen LogP contribution < -0.4 is 10.1 Å². The molecule has 3 rings (SSSR count). The fourth-order valence-electron chi connectivity index (χ4n) is 2.60. The van der Waals surface area contributed by atoms with Crippen LogP contribution in [0.25, 0.3) is 0 Å². The lowest BCUT2D eigenvalue weighted by atomic mass is 9.74. The summed E-state index contributed by atoms with van der Waals surface area (Å²) in [4.78, 5) is 12.0. The van der Waals surface area contributed by atoms with E-state index in [0.29, 0.717) is 10.8 Å². The number of esters is 1. The van der Waals surface area contributed by atoms with Crippen LogP contribution in [0.3, 0.4) is 0 Å². The van der Waals surface area contributed by atoms with Crippen molar-refractivity contribution in [2.24, 2.45) is 0 Å². The van der Waals surface area contributed by atoms with E-state index in [1.54, 1.807) is 12.1 Å². The van der Waals surface area contributed by atoms with Gasteiger partial charge in [0.25, 0.3) is 0 Å². The molecule has 0 atom stereocenters. The van der Waals surface area contributed by atoms with Crippen molar-refractivity contribution in [2.75, 3.05) is 13.1 Å². The highest BCUT2D eigenvalue weighted by atomic mass is 35.5. The molecule has 2 aliphatic rings. The Bertz CT molecular complexity index is 452. The Kier molecular flexibility index (Phi) is 2.19. The van der Waals surface area contributed by atoms with E-state index in [4.69, 9.17) is 16.3 Å². The predicted octanol–water partition coefficient (Wildman–Crippen LogP) is 1.88. The van der Waals surface area contributed by atoms with Crippen molar-refractivity contribution in [3.05, 3.63) is 28.8 Å². The second-order valence-electron chi connectivity index (χ2n) is 4.36. The highest BCUT2D eigenvalue weighted by Crippen LogP contribution is 2.46. The number of rotatable bonds is 0. The summed E-state index contributed by atoms with van der Waals surface area (Å²) in [6.45, 7) is 1.70. The van der Waals surface area contributed by atoms with Crippen molar-refractivity contribution in [3.63, 3.8) is 0 Å². The molecule has 0 amide bonds. The molecule has 1 N–H and O–H groups in total. The summed E-state index contributed by atoms with van der Waals surface area (Å²) < 4.78 is 5.33. The minimum Gasteiger partial charge on any atom is -0.426 e. The lowest BCUT2D eigenvalue weighted by Gasteiger charge is -2.30. The third-order valence-corrected chi connectivity index (χ3v) is 3.74. The van der Waals surface area contributed by atoms with Crippen molar-refractivity contribution in [1.29, 1.82) is 0 Å². The Morgan fingerprint density at radius 1 is 1.31 bits per heavy atom. The van der Waals surface area contributed by atoms with Gasteiger partial charge in [0.2, 0.25) is 0 Å². The van der Waals surface area contributed by atoms with Gasteiger partial charge in [-0.25, -0.2) is 0 Å². The normalized spacial score (nSPS) is 21.9. The van der Waals surface area contributed by atoms with E-state index in [9.17, 15) is 4.79 Å². The lowest BCUT2D eigenvalue weighted by molar-refractivity contribution is -0.139. The molecule has 0 unspecified atom stereocenters. The summed E-state index contributed by atoms with van der Waals surface area (Å²) in [7, 11) is 0. The van der Waals surface area contributed by atoms with E-state index in [1.807, 2.05) is 6.07 Å². The van der Waals surface area contributed by atoms with Gasteiger partial charge >= 0.3 is 5.97 Å². The largest absolute Gasteiger partial charge is 0.426 e. The molecule has 0 radical (unpaired) electrons. The third-order valence-electron chi connectivity index (χ3n) is 3.51. The average Bonchev–Trinajstić information content (AvgIpc) is 2.55. The standard InChI is InChI=1S/C12H12ClNO2/c13-8-1-2-10-9(7-8)12(11(15)16-10)3-5-14-6-4-12/h1-2,7,14H,3-6H2. The van der Waals surface area contributed by atoms with Gasteiger partial charge in [-0.1, -0.05) is 11.6 Å². The molecule has 0 aromatic heterocycles. The van der Waals surface area contributed by atoms with Gasteiger partial charge in [0.15, 0.2) is 0 Å². The van der Waals surface area contributed by atoms with Crippen molar-refractivity contribution < 1.29 is 9.53 Å². The van der Waals surface area contributed by atoms with Gasteiger partial charge in [0.1, 0.15) is 5.75 Å². The lowest BCUT2D eigenvalue weighted by Crippen LogP contribution is -2.44. The zero-order valence-electron chi connectivity index (χ0n) is 8.75. The summed E-state index contributed by atoms with van der Waals surface area (Å²) in [6, 6.07) is 5.41. The second kappa shape index (κ2) is 3.47. The van der Waals surface area contributed by atoms with E-state index < -0.39 is 5.41 Å². The highest BCUT2D eigenvalue weighted by molar-refractivity contribution is 6.30. The molecular weight excluding hydrogens is 226 g/mol. The predicted molar refractivity (Wildman–Crippen MR) is 60.9 cm³/mol. The SMILES string of the molecule is O=C1Oc2ccc(Cl)cc2C12CCNCC2. The Morgan fingerprint density at radius 3 is 2.81 bits per heavy atom. The first-order valence-electron chi connectivity index (χ1n) is 5.45. The summed E-state index contributed by atoms with van der Waals surface area (Å²) in [6.07, 6.45) is 1.58. The number of nitrogens with one attached hydrogen (secondary N) is 1. The smallest absolute Gasteiger partial charge is 0.322 e. The second-order valence-corrected chi connectivity index (χ2v) is 4.80. The maximum Gasteiger partial charge on any atom is 0.322 e. The molecular formula is C12H12ClNO2. The quantitative estimate of drug-likeness (QED) is 0.553. The fourth-order valence-corrected chi connectivity index (χ4v) is 2.77. The van der Waals surface area contributed by atoms with Gasteiger partial charge in [-0.15, -0.1) is 0 Å². The van der Waals surface area contributed by atoms with E-state index >= 15 is 0 Å². The number of carbonyl (C=O) groups excluding carboxylic acids is 1. The third kappa shape index (κ3) is 1.28. The van der Waals surface area contributed by atoms with Crippen LogP contribution >= 0.6 is 11.6 Å². The van der Waals surface area contributed by atoms with Crippen LogP contribution in [0.4, 0.5) is 0 Å². The first kappa shape index (κ1) is 10.1. The number of hydrogen-bond acceptors (Lipinski definition) is 3. The summed E-state index contributed by atoms with van der Waals surface area (Å²) in [5.41, 5.74) is 0.511. The Balaban J connectivity index is 2.13. The topological polar surface area (TPSA) is 38.3 Å².